The molecule has 0 N–H and O–H groups in total. The minimum Gasteiger partial charge on any atom is -0.494 e. The summed E-state index contributed by atoms with van der Waals surface area (Å²) < 4.78 is 34.3. The summed E-state index contributed by atoms with van der Waals surface area (Å²) in [4.78, 5) is 26.4. The molecule has 0 saturated heterocycles. The van der Waals surface area contributed by atoms with E-state index < -0.39 is 9.84 Å². The highest BCUT2D eigenvalue weighted by Gasteiger charge is 2.13. The number of nitrogens with zero attached hydrogens (tertiary/aromatic N) is 1. The van der Waals surface area contributed by atoms with Gasteiger partial charge in [0.25, 0.3) is 0 Å². The van der Waals surface area contributed by atoms with Crippen molar-refractivity contribution in [2.75, 3.05) is 33.1 Å². The van der Waals surface area contributed by atoms with Gasteiger partial charge in [-0.15, -0.1) is 0 Å². The molecule has 0 aliphatic heterocycles. The molecule has 0 aliphatic rings. The Hall–Kier alpha value is -2.87. The van der Waals surface area contributed by atoms with Crippen molar-refractivity contribution in [2.45, 2.75) is 37.5 Å². The van der Waals surface area contributed by atoms with E-state index in [9.17, 15) is 18.0 Å². The zero-order chi connectivity index (χ0) is 23.6. The number of hydrogen-bond acceptors (Lipinski definition) is 6. The summed E-state index contributed by atoms with van der Waals surface area (Å²) in [5.41, 5.74) is 0.564. The fraction of sp³-hybridized carbons (Fsp3) is 0.417. The second-order valence-electron chi connectivity index (χ2n) is 7.56. The van der Waals surface area contributed by atoms with Crippen LogP contribution in [0.4, 0.5) is 0 Å². The van der Waals surface area contributed by atoms with Gasteiger partial charge >= 0.3 is 0 Å². The second kappa shape index (κ2) is 12.2. The Morgan fingerprint density at radius 3 is 2.28 bits per heavy atom. The number of sulfone groups is 1. The van der Waals surface area contributed by atoms with Crippen LogP contribution in [0.25, 0.3) is 0 Å². The summed E-state index contributed by atoms with van der Waals surface area (Å²) in [7, 11) is -1.60. The highest BCUT2D eigenvalue weighted by Crippen LogP contribution is 2.18. The summed E-state index contributed by atoms with van der Waals surface area (Å²) in [6.45, 7) is 3.48. The minimum atomic E-state index is -3.29. The van der Waals surface area contributed by atoms with Gasteiger partial charge in [-0.1, -0.05) is 13.0 Å². The lowest BCUT2D eigenvalue weighted by Crippen LogP contribution is -2.29. The number of ether oxygens (including phenoxy) is 2. The molecule has 8 heteroatoms. The Morgan fingerprint density at radius 2 is 1.62 bits per heavy atom. The molecule has 0 bridgehead atoms. The van der Waals surface area contributed by atoms with Gasteiger partial charge in [0.2, 0.25) is 5.91 Å². The maximum atomic E-state index is 12.3. The normalized spacial score (nSPS) is 11.1. The Labute approximate surface area is 190 Å². The van der Waals surface area contributed by atoms with Crippen LogP contribution in [-0.4, -0.2) is 58.1 Å². The molecule has 0 saturated carbocycles. The van der Waals surface area contributed by atoms with Crippen molar-refractivity contribution in [2.24, 2.45) is 0 Å². The van der Waals surface area contributed by atoms with E-state index in [1.807, 2.05) is 6.92 Å². The highest BCUT2D eigenvalue weighted by atomic mass is 32.2. The van der Waals surface area contributed by atoms with Crippen molar-refractivity contribution < 1.29 is 27.5 Å². The Kier molecular flexibility index (Phi) is 9.71. The number of Topliss-reactive ketones (excluding diaryl/α,β-unsaturated/α-hetero) is 1. The SMILES string of the molecule is CCCOc1ccc(C(=O)CCC(=O)N(C)CCCOc2cccc(S(C)(=O)=O)c2)cc1. The van der Waals surface area contributed by atoms with Crippen LogP contribution in [0.2, 0.25) is 0 Å². The highest BCUT2D eigenvalue weighted by molar-refractivity contribution is 7.90. The largest absolute Gasteiger partial charge is 0.494 e. The number of benzene rings is 2. The summed E-state index contributed by atoms with van der Waals surface area (Å²) in [5.74, 6) is 1.01. The molecule has 32 heavy (non-hydrogen) atoms. The molecule has 2 aromatic carbocycles. The molecule has 1 amide bonds. The van der Waals surface area contributed by atoms with Crippen molar-refractivity contribution >= 4 is 21.5 Å². The molecule has 174 valence electrons. The van der Waals surface area contributed by atoms with Crippen molar-refractivity contribution in [3.8, 4) is 11.5 Å². The van der Waals surface area contributed by atoms with Crippen LogP contribution in [0.1, 0.15) is 43.0 Å². The van der Waals surface area contributed by atoms with Gasteiger partial charge in [-0.3, -0.25) is 9.59 Å². The number of carbonyl (C=O) groups is 2. The van der Waals surface area contributed by atoms with Crippen LogP contribution in [0.5, 0.6) is 11.5 Å². The Morgan fingerprint density at radius 1 is 0.938 bits per heavy atom. The van der Waals surface area contributed by atoms with Crippen LogP contribution in [0.15, 0.2) is 53.4 Å². The molecule has 0 heterocycles. The quantitative estimate of drug-likeness (QED) is 0.333. The first-order valence-electron chi connectivity index (χ1n) is 10.6. The first-order chi connectivity index (χ1) is 15.2. The summed E-state index contributed by atoms with van der Waals surface area (Å²) in [6.07, 6.45) is 2.93. The molecular weight excluding hydrogens is 430 g/mol. The molecule has 2 rings (SSSR count). The van der Waals surface area contributed by atoms with E-state index in [0.717, 1.165) is 18.4 Å². The van der Waals surface area contributed by atoms with E-state index in [1.165, 1.54) is 12.1 Å². The van der Waals surface area contributed by atoms with Crippen LogP contribution >= 0.6 is 0 Å². The monoisotopic (exact) mass is 461 g/mol. The van der Waals surface area contributed by atoms with Crippen LogP contribution in [0, 0.1) is 0 Å². The maximum absolute atomic E-state index is 12.3. The summed E-state index contributed by atoms with van der Waals surface area (Å²) in [6, 6.07) is 13.3. The second-order valence-corrected chi connectivity index (χ2v) is 9.58. The molecule has 0 fully saturated rings. The smallest absolute Gasteiger partial charge is 0.222 e. The van der Waals surface area contributed by atoms with Crippen LogP contribution in [0.3, 0.4) is 0 Å². The lowest BCUT2D eigenvalue weighted by molar-refractivity contribution is -0.129. The van der Waals surface area contributed by atoms with E-state index in [0.29, 0.717) is 37.5 Å². The van der Waals surface area contributed by atoms with Crippen molar-refractivity contribution in [3.05, 3.63) is 54.1 Å². The van der Waals surface area contributed by atoms with Gasteiger partial charge in [0.15, 0.2) is 15.6 Å². The van der Waals surface area contributed by atoms with E-state index in [-0.39, 0.29) is 29.4 Å². The van der Waals surface area contributed by atoms with Gasteiger partial charge in [-0.2, -0.15) is 0 Å². The third-order valence-corrected chi connectivity index (χ3v) is 5.89. The summed E-state index contributed by atoms with van der Waals surface area (Å²) >= 11 is 0. The van der Waals surface area contributed by atoms with Crippen molar-refractivity contribution in [1.82, 2.24) is 4.90 Å². The molecule has 2 aromatic rings. The third-order valence-electron chi connectivity index (χ3n) is 4.78. The molecule has 0 atom stereocenters. The minimum absolute atomic E-state index is 0.0807. The number of hydrogen-bond donors (Lipinski definition) is 0. The van der Waals surface area contributed by atoms with Gasteiger partial charge in [0, 0.05) is 38.3 Å². The van der Waals surface area contributed by atoms with Crippen LogP contribution in [-0.2, 0) is 14.6 Å². The lowest BCUT2D eigenvalue weighted by atomic mass is 10.1. The molecule has 0 aromatic heterocycles. The zero-order valence-electron chi connectivity index (χ0n) is 18.9. The van der Waals surface area contributed by atoms with Gasteiger partial charge in [-0.25, -0.2) is 8.42 Å². The van der Waals surface area contributed by atoms with Gasteiger partial charge in [0.1, 0.15) is 11.5 Å². The Bertz CT molecular complexity index is 1000. The Balaban J connectivity index is 1.71. The average Bonchev–Trinajstić information content (AvgIpc) is 2.78. The zero-order valence-corrected chi connectivity index (χ0v) is 19.7. The van der Waals surface area contributed by atoms with Crippen LogP contribution < -0.4 is 9.47 Å². The summed E-state index contributed by atoms with van der Waals surface area (Å²) in [5, 5.41) is 0. The maximum Gasteiger partial charge on any atom is 0.222 e. The van der Waals surface area contributed by atoms with E-state index in [2.05, 4.69) is 0 Å². The van der Waals surface area contributed by atoms with Crippen molar-refractivity contribution in [1.29, 1.82) is 0 Å². The predicted octanol–water partition coefficient (Wildman–Crippen LogP) is 3.77. The topological polar surface area (TPSA) is 90.0 Å². The van der Waals surface area contributed by atoms with Crippen molar-refractivity contribution in [3.63, 3.8) is 0 Å². The third kappa shape index (κ3) is 8.34. The molecule has 0 spiro atoms. The van der Waals surface area contributed by atoms with Gasteiger partial charge < -0.3 is 14.4 Å². The van der Waals surface area contributed by atoms with E-state index in [1.54, 1.807) is 48.3 Å². The fourth-order valence-electron chi connectivity index (χ4n) is 2.92. The number of carbonyl (C=O) groups excluding carboxylic acids is 2. The predicted molar refractivity (Wildman–Crippen MR) is 123 cm³/mol. The first kappa shape index (κ1) is 25.4. The molecule has 7 nitrogen and oxygen atoms in total. The average molecular weight is 462 g/mol. The van der Waals surface area contributed by atoms with E-state index >= 15 is 0 Å². The molecule has 0 aliphatic carbocycles. The molecular formula is C24H31NO6S. The van der Waals surface area contributed by atoms with Gasteiger partial charge in [-0.05, 0) is 55.3 Å². The number of ketones is 1. The molecule has 0 radical (unpaired) electrons. The standard InChI is InChI=1S/C24H31NO6S/c1-4-16-30-20-11-9-19(10-12-20)23(26)13-14-24(27)25(2)15-6-17-31-21-7-5-8-22(18-21)32(3,28)29/h5,7-12,18H,4,6,13-17H2,1-3H3. The number of rotatable bonds is 13. The van der Waals surface area contributed by atoms with Gasteiger partial charge in [0.05, 0.1) is 18.1 Å². The fourth-order valence-corrected chi connectivity index (χ4v) is 3.58. The van der Waals surface area contributed by atoms with E-state index in [4.69, 9.17) is 9.47 Å². The lowest BCUT2D eigenvalue weighted by Gasteiger charge is -2.17. The number of amides is 1. The molecule has 0 unspecified atom stereocenters. The first-order valence-corrected chi connectivity index (χ1v) is 12.5.